The summed E-state index contributed by atoms with van der Waals surface area (Å²) in [6, 6.07) is 0. The summed E-state index contributed by atoms with van der Waals surface area (Å²) < 4.78 is 5.34. The highest BCUT2D eigenvalue weighted by molar-refractivity contribution is 5.08. The molecule has 0 amide bonds. The first-order chi connectivity index (χ1) is 7.40. The molecule has 4 nitrogen and oxygen atoms in total. The van der Waals surface area contributed by atoms with Gasteiger partial charge in [-0.1, -0.05) is 0 Å². The molecule has 0 bridgehead atoms. The van der Waals surface area contributed by atoms with Gasteiger partial charge in [-0.15, -0.1) is 0 Å². The van der Waals surface area contributed by atoms with Gasteiger partial charge in [0.15, 0.2) is 0 Å². The van der Waals surface area contributed by atoms with Crippen molar-refractivity contribution >= 4 is 0 Å². The standard InChI is InChI=1S/C11H19N3O/c12-5-1-2-11-13-8-10(14-11)9-3-6-15-7-4-9/h8-9H,1-7,12H2,(H,13,14). The van der Waals surface area contributed by atoms with E-state index >= 15 is 0 Å². The number of rotatable bonds is 4. The minimum Gasteiger partial charge on any atom is -0.381 e. The summed E-state index contributed by atoms with van der Waals surface area (Å²) in [5.74, 6) is 1.68. The van der Waals surface area contributed by atoms with Gasteiger partial charge in [0.2, 0.25) is 0 Å². The molecule has 2 heterocycles. The van der Waals surface area contributed by atoms with Gasteiger partial charge in [0.05, 0.1) is 0 Å². The van der Waals surface area contributed by atoms with Crippen LogP contribution in [0.1, 0.15) is 36.7 Å². The molecule has 0 atom stereocenters. The van der Waals surface area contributed by atoms with Gasteiger partial charge >= 0.3 is 0 Å². The Labute approximate surface area is 90.2 Å². The maximum absolute atomic E-state index is 5.47. The highest BCUT2D eigenvalue weighted by atomic mass is 16.5. The number of hydrogen-bond acceptors (Lipinski definition) is 3. The zero-order valence-electron chi connectivity index (χ0n) is 9.04. The Bertz CT molecular complexity index is 292. The van der Waals surface area contributed by atoms with E-state index in [1.165, 1.54) is 5.69 Å². The van der Waals surface area contributed by atoms with E-state index in [4.69, 9.17) is 10.5 Å². The van der Waals surface area contributed by atoms with Crippen LogP contribution >= 0.6 is 0 Å². The first kappa shape index (κ1) is 10.6. The van der Waals surface area contributed by atoms with Crippen molar-refractivity contribution in [2.45, 2.75) is 31.6 Å². The van der Waals surface area contributed by atoms with E-state index in [-0.39, 0.29) is 0 Å². The van der Waals surface area contributed by atoms with E-state index in [1.54, 1.807) is 0 Å². The molecule has 1 fully saturated rings. The average molecular weight is 209 g/mol. The highest BCUT2D eigenvalue weighted by Gasteiger charge is 2.17. The second-order valence-corrected chi connectivity index (χ2v) is 4.06. The topological polar surface area (TPSA) is 63.9 Å². The van der Waals surface area contributed by atoms with Gasteiger partial charge in [0.25, 0.3) is 0 Å². The minimum atomic E-state index is 0.609. The highest BCUT2D eigenvalue weighted by Crippen LogP contribution is 2.25. The third kappa shape index (κ3) is 2.79. The van der Waals surface area contributed by atoms with Crippen molar-refractivity contribution in [1.29, 1.82) is 0 Å². The molecule has 1 aromatic rings. The Kier molecular flexibility index (Phi) is 3.75. The normalized spacial score (nSPS) is 18.2. The number of aryl methyl sites for hydroxylation is 1. The second-order valence-electron chi connectivity index (χ2n) is 4.06. The summed E-state index contributed by atoms with van der Waals surface area (Å²) in [5.41, 5.74) is 6.74. The Hall–Kier alpha value is -0.870. The maximum Gasteiger partial charge on any atom is 0.106 e. The van der Waals surface area contributed by atoms with Crippen LogP contribution in [-0.4, -0.2) is 29.7 Å². The molecular weight excluding hydrogens is 190 g/mol. The monoisotopic (exact) mass is 209 g/mol. The lowest BCUT2D eigenvalue weighted by atomic mass is 9.97. The number of nitrogens with zero attached hydrogens (tertiary/aromatic N) is 1. The van der Waals surface area contributed by atoms with Crippen LogP contribution in [0.3, 0.4) is 0 Å². The predicted molar refractivity (Wildman–Crippen MR) is 58.8 cm³/mol. The predicted octanol–water partition coefficient (Wildman–Crippen LogP) is 1.19. The number of aromatic amines is 1. The number of hydrogen-bond donors (Lipinski definition) is 2. The van der Waals surface area contributed by atoms with Gasteiger partial charge in [-0.25, -0.2) is 4.98 Å². The molecule has 0 aromatic carbocycles. The van der Waals surface area contributed by atoms with Gasteiger partial charge < -0.3 is 15.5 Å². The summed E-state index contributed by atoms with van der Waals surface area (Å²) in [6.07, 6.45) is 6.15. The molecule has 2 rings (SSSR count). The fourth-order valence-electron chi connectivity index (χ4n) is 1.99. The van der Waals surface area contributed by atoms with Crippen LogP contribution in [0.4, 0.5) is 0 Å². The molecule has 1 aliphatic rings. The molecule has 3 N–H and O–H groups in total. The summed E-state index contributed by atoms with van der Waals surface area (Å²) >= 11 is 0. The number of ether oxygens (including phenoxy) is 1. The number of nitrogens with one attached hydrogen (secondary N) is 1. The molecular formula is C11H19N3O. The molecule has 0 aliphatic carbocycles. The Balaban J connectivity index is 1.93. The Morgan fingerprint density at radius 1 is 1.47 bits per heavy atom. The zero-order valence-corrected chi connectivity index (χ0v) is 9.04. The SMILES string of the molecule is NCCCc1ncc(C2CCOCC2)[nH]1. The summed E-state index contributed by atoms with van der Waals surface area (Å²) in [7, 11) is 0. The van der Waals surface area contributed by atoms with E-state index < -0.39 is 0 Å². The van der Waals surface area contributed by atoms with Crippen molar-refractivity contribution in [3.63, 3.8) is 0 Å². The van der Waals surface area contributed by atoms with Gasteiger partial charge in [0, 0.05) is 37.4 Å². The summed E-state index contributed by atoms with van der Waals surface area (Å²) in [5, 5.41) is 0. The van der Waals surface area contributed by atoms with Crippen molar-refractivity contribution in [3.8, 4) is 0 Å². The first-order valence-corrected chi connectivity index (χ1v) is 5.71. The molecule has 1 aliphatic heterocycles. The van der Waals surface area contributed by atoms with Crippen LogP contribution in [0.5, 0.6) is 0 Å². The molecule has 0 spiro atoms. The van der Waals surface area contributed by atoms with Crippen LogP contribution in [-0.2, 0) is 11.2 Å². The lowest BCUT2D eigenvalue weighted by molar-refractivity contribution is 0.0845. The lowest BCUT2D eigenvalue weighted by Crippen LogP contribution is -2.14. The molecule has 0 unspecified atom stereocenters. The Morgan fingerprint density at radius 3 is 3.00 bits per heavy atom. The fourth-order valence-corrected chi connectivity index (χ4v) is 1.99. The van der Waals surface area contributed by atoms with Crippen LogP contribution < -0.4 is 5.73 Å². The van der Waals surface area contributed by atoms with Gasteiger partial charge in [-0.05, 0) is 25.8 Å². The molecule has 0 radical (unpaired) electrons. The van der Waals surface area contributed by atoms with Crippen LogP contribution in [0.2, 0.25) is 0 Å². The van der Waals surface area contributed by atoms with Crippen molar-refractivity contribution in [2.75, 3.05) is 19.8 Å². The number of imidazole rings is 1. The van der Waals surface area contributed by atoms with Crippen LogP contribution in [0.25, 0.3) is 0 Å². The molecule has 84 valence electrons. The van der Waals surface area contributed by atoms with Gasteiger partial charge in [-0.3, -0.25) is 0 Å². The van der Waals surface area contributed by atoms with Gasteiger partial charge in [-0.2, -0.15) is 0 Å². The quantitative estimate of drug-likeness (QED) is 0.783. The minimum absolute atomic E-state index is 0.609. The van der Waals surface area contributed by atoms with Crippen molar-refractivity contribution < 1.29 is 4.74 Å². The van der Waals surface area contributed by atoms with Crippen LogP contribution in [0, 0.1) is 0 Å². The van der Waals surface area contributed by atoms with Crippen molar-refractivity contribution in [1.82, 2.24) is 9.97 Å². The third-order valence-corrected chi connectivity index (χ3v) is 2.93. The number of aromatic nitrogens is 2. The smallest absolute Gasteiger partial charge is 0.106 e. The number of nitrogens with two attached hydrogens (primary N) is 1. The first-order valence-electron chi connectivity index (χ1n) is 5.71. The Morgan fingerprint density at radius 2 is 2.27 bits per heavy atom. The number of H-pyrrole nitrogens is 1. The largest absolute Gasteiger partial charge is 0.381 e. The zero-order chi connectivity index (χ0) is 10.5. The van der Waals surface area contributed by atoms with E-state index in [9.17, 15) is 0 Å². The molecule has 15 heavy (non-hydrogen) atoms. The van der Waals surface area contributed by atoms with Crippen molar-refractivity contribution in [3.05, 3.63) is 17.7 Å². The van der Waals surface area contributed by atoms with E-state index in [2.05, 4.69) is 9.97 Å². The van der Waals surface area contributed by atoms with E-state index in [0.717, 1.165) is 51.3 Å². The lowest BCUT2D eigenvalue weighted by Gasteiger charge is -2.20. The van der Waals surface area contributed by atoms with E-state index in [0.29, 0.717) is 5.92 Å². The molecule has 4 heteroatoms. The van der Waals surface area contributed by atoms with Crippen LogP contribution in [0.15, 0.2) is 6.20 Å². The summed E-state index contributed by atoms with van der Waals surface area (Å²) in [6.45, 7) is 2.48. The molecule has 0 saturated carbocycles. The summed E-state index contributed by atoms with van der Waals surface area (Å²) in [4.78, 5) is 7.77. The maximum atomic E-state index is 5.47. The second kappa shape index (κ2) is 5.28. The van der Waals surface area contributed by atoms with Crippen molar-refractivity contribution in [2.24, 2.45) is 5.73 Å². The average Bonchev–Trinajstić information content (AvgIpc) is 2.76. The van der Waals surface area contributed by atoms with Gasteiger partial charge in [0.1, 0.15) is 5.82 Å². The third-order valence-electron chi connectivity index (χ3n) is 2.93. The van der Waals surface area contributed by atoms with E-state index in [1.807, 2.05) is 6.20 Å². The molecule has 1 aromatic heterocycles. The molecule has 1 saturated heterocycles. The fraction of sp³-hybridized carbons (Fsp3) is 0.727.